The van der Waals surface area contributed by atoms with Gasteiger partial charge in [0, 0.05) is 10.9 Å². The third kappa shape index (κ3) is 5.61. The molecule has 3 N–H and O–H groups in total. The maximum absolute atomic E-state index is 12.0. The first kappa shape index (κ1) is 17.3. The molecule has 1 saturated carbocycles. The molecular weight excluding hydrogens is 318 g/mol. The van der Waals surface area contributed by atoms with E-state index in [4.69, 9.17) is 5.73 Å². The molecule has 0 aromatic carbocycles. The molecule has 1 aromatic rings. The van der Waals surface area contributed by atoms with Crippen molar-refractivity contribution >= 4 is 34.9 Å². The smallest absolute Gasteiger partial charge is 0.230 e. The van der Waals surface area contributed by atoms with Crippen LogP contribution in [-0.4, -0.2) is 28.6 Å². The molecule has 0 atom stereocenters. The third-order valence-corrected chi connectivity index (χ3v) is 6.06. The molecule has 0 aliphatic heterocycles. The number of hydrogen-bond acceptors (Lipinski definition) is 5. The fourth-order valence-corrected chi connectivity index (χ4v) is 4.66. The van der Waals surface area contributed by atoms with Gasteiger partial charge in [0.15, 0.2) is 4.34 Å². The van der Waals surface area contributed by atoms with Gasteiger partial charge >= 0.3 is 0 Å². The van der Waals surface area contributed by atoms with Crippen LogP contribution in [0, 0.1) is 6.92 Å². The number of nitrogens with zero attached hydrogens (tertiary/aromatic N) is 1. The first-order chi connectivity index (χ1) is 10.5. The standard InChI is InChI=1S/C15H23N3O2S2/c1-10-12(8-13(16)19)22-15(17-10)21-9-14(20)18-11-6-4-2-3-5-7-11/h11H,2-9H2,1H3,(H2,16,19)(H,18,20). The van der Waals surface area contributed by atoms with Crippen LogP contribution < -0.4 is 11.1 Å². The van der Waals surface area contributed by atoms with Crippen LogP contribution in [0.25, 0.3) is 0 Å². The summed E-state index contributed by atoms with van der Waals surface area (Å²) in [5.41, 5.74) is 6.04. The van der Waals surface area contributed by atoms with Crippen molar-refractivity contribution in [1.29, 1.82) is 0 Å². The molecule has 5 nitrogen and oxygen atoms in total. The van der Waals surface area contributed by atoms with E-state index >= 15 is 0 Å². The highest BCUT2D eigenvalue weighted by Gasteiger charge is 2.16. The van der Waals surface area contributed by atoms with Gasteiger partial charge in [0.25, 0.3) is 0 Å². The van der Waals surface area contributed by atoms with E-state index in [2.05, 4.69) is 10.3 Å². The highest BCUT2D eigenvalue weighted by atomic mass is 32.2. The lowest BCUT2D eigenvalue weighted by molar-refractivity contribution is -0.119. The van der Waals surface area contributed by atoms with E-state index in [1.165, 1.54) is 48.8 Å². The molecule has 2 rings (SSSR count). The summed E-state index contributed by atoms with van der Waals surface area (Å²) in [7, 11) is 0. The number of amides is 2. The molecule has 0 radical (unpaired) electrons. The topological polar surface area (TPSA) is 85.1 Å². The molecule has 1 heterocycles. The van der Waals surface area contributed by atoms with E-state index in [0.29, 0.717) is 11.8 Å². The number of nitrogens with two attached hydrogens (primary N) is 1. The summed E-state index contributed by atoms with van der Waals surface area (Å²) in [6.45, 7) is 1.87. The Balaban J connectivity index is 1.79. The highest BCUT2D eigenvalue weighted by molar-refractivity contribution is 8.01. The van der Waals surface area contributed by atoms with E-state index < -0.39 is 0 Å². The summed E-state index contributed by atoms with van der Waals surface area (Å²) in [5, 5.41) is 3.13. The van der Waals surface area contributed by atoms with Crippen LogP contribution in [0.2, 0.25) is 0 Å². The lowest BCUT2D eigenvalue weighted by Crippen LogP contribution is -2.35. The predicted molar refractivity (Wildman–Crippen MR) is 90.1 cm³/mol. The second-order valence-electron chi connectivity index (χ2n) is 5.68. The van der Waals surface area contributed by atoms with E-state index in [1.54, 1.807) is 0 Å². The molecule has 7 heteroatoms. The molecule has 1 aliphatic rings. The van der Waals surface area contributed by atoms with Crippen molar-refractivity contribution in [2.45, 2.75) is 62.3 Å². The van der Waals surface area contributed by atoms with Crippen LogP contribution in [0.5, 0.6) is 0 Å². The molecule has 0 unspecified atom stereocenters. The first-order valence-electron chi connectivity index (χ1n) is 7.71. The molecule has 1 fully saturated rings. The summed E-state index contributed by atoms with van der Waals surface area (Å²) >= 11 is 2.88. The lowest BCUT2D eigenvalue weighted by atomic mass is 10.1. The number of carbonyl (C=O) groups is 2. The van der Waals surface area contributed by atoms with Gasteiger partial charge in [0.05, 0.1) is 17.9 Å². The summed E-state index contributed by atoms with van der Waals surface area (Å²) in [6, 6.07) is 0.332. The van der Waals surface area contributed by atoms with Crippen molar-refractivity contribution in [2.75, 3.05) is 5.75 Å². The Labute approximate surface area is 139 Å². The molecule has 0 bridgehead atoms. The average molecular weight is 342 g/mol. The van der Waals surface area contributed by atoms with Crippen molar-refractivity contribution in [3.63, 3.8) is 0 Å². The number of aryl methyl sites for hydroxylation is 1. The summed E-state index contributed by atoms with van der Waals surface area (Å²) in [5.74, 6) is 0.0926. The molecule has 2 amide bonds. The molecule has 0 spiro atoms. The van der Waals surface area contributed by atoms with Crippen LogP contribution in [0.1, 0.15) is 49.1 Å². The van der Waals surface area contributed by atoms with Crippen molar-refractivity contribution in [3.05, 3.63) is 10.6 Å². The monoisotopic (exact) mass is 341 g/mol. The Morgan fingerprint density at radius 2 is 2.00 bits per heavy atom. The summed E-state index contributed by atoms with van der Waals surface area (Å²) in [4.78, 5) is 28.3. The van der Waals surface area contributed by atoms with Crippen LogP contribution in [0.4, 0.5) is 0 Å². The number of carbonyl (C=O) groups excluding carboxylic acids is 2. The number of nitrogens with one attached hydrogen (secondary N) is 1. The Bertz CT molecular complexity index is 523. The number of hydrogen-bond donors (Lipinski definition) is 2. The SMILES string of the molecule is Cc1nc(SCC(=O)NC2CCCCCC2)sc1CC(N)=O. The van der Waals surface area contributed by atoms with Gasteiger partial charge in [0.2, 0.25) is 11.8 Å². The van der Waals surface area contributed by atoms with E-state index in [-0.39, 0.29) is 18.2 Å². The van der Waals surface area contributed by atoms with Gasteiger partial charge in [-0.1, -0.05) is 37.4 Å². The lowest BCUT2D eigenvalue weighted by Gasteiger charge is -2.15. The predicted octanol–water partition coefficient (Wildman–Crippen LogP) is 2.41. The van der Waals surface area contributed by atoms with Crippen molar-refractivity contribution in [1.82, 2.24) is 10.3 Å². The van der Waals surface area contributed by atoms with Crippen LogP contribution in [0.3, 0.4) is 0 Å². The second kappa shape index (κ2) is 8.53. The number of thiazole rings is 1. The number of aromatic nitrogens is 1. The van der Waals surface area contributed by atoms with Crippen molar-refractivity contribution in [3.8, 4) is 0 Å². The zero-order chi connectivity index (χ0) is 15.9. The van der Waals surface area contributed by atoms with Crippen LogP contribution in [-0.2, 0) is 16.0 Å². The molecule has 122 valence electrons. The molecule has 1 aromatic heterocycles. The van der Waals surface area contributed by atoms with Crippen molar-refractivity contribution in [2.24, 2.45) is 5.73 Å². The highest BCUT2D eigenvalue weighted by Crippen LogP contribution is 2.27. The fraction of sp³-hybridized carbons (Fsp3) is 0.667. The van der Waals surface area contributed by atoms with E-state index in [0.717, 1.165) is 27.8 Å². The zero-order valence-electron chi connectivity index (χ0n) is 12.9. The fourth-order valence-electron chi connectivity index (χ4n) is 2.61. The second-order valence-corrected chi connectivity index (χ2v) is 7.98. The molecule has 22 heavy (non-hydrogen) atoms. The van der Waals surface area contributed by atoms with Gasteiger partial charge in [-0.2, -0.15) is 0 Å². The van der Waals surface area contributed by atoms with Gasteiger partial charge in [-0.3, -0.25) is 9.59 Å². The minimum atomic E-state index is -0.352. The third-order valence-electron chi connectivity index (χ3n) is 3.75. The van der Waals surface area contributed by atoms with Gasteiger partial charge in [-0.05, 0) is 19.8 Å². The number of thioether (sulfide) groups is 1. The maximum Gasteiger partial charge on any atom is 0.230 e. The largest absolute Gasteiger partial charge is 0.369 e. The Morgan fingerprint density at radius 1 is 1.32 bits per heavy atom. The Kier molecular flexibility index (Phi) is 6.70. The minimum Gasteiger partial charge on any atom is -0.369 e. The molecule has 0 saturated heterocycles. The minimum absolute atomic E-state index is 0.0706. The normalized spacial score (nSPS) is 16.2. The number of rotatable bonds is 6. The first-order valence-corrected chi connectivity index (χ1v) is 9.51. The number of primary amides is 1. The maximum atomic E-state index is 12.0. The van der Waals surface area contributed by atoms with Crippen LogP contribution >= 0.6 is 23.1 Å². The van der Waals surface area contributed by atoms with E-state index in [9.17, 15) is 9.59 Å². The van der Waals surface area contributed by atoms with Gasteiger partial charge in [-0.25, -0.2) is 4.98 Å². The molecular formula is C15H23N3O2S2. The van der Waals surface area contributed by atoms with Crippen LogP contribution in [0.15, 0.2) is 4.34 Å². The zero-order valence-corrected chi connectivity index (χ0v) is 14.5. The Morgan fingerprint density at radius 3 is 2.64 bits per heavy atom. The van der Waals surface area contributed by atoms with Gasteiger partial charge in [-0.15, -0.1) is 11.3 Å². The van der Waals surface area contributed by atoms with Crippen molar-refractivity contribution < 1.29 is 9.59 Å². The quantitative estimate of drug-likeness (QED) is 0.614. The molecule has 1 aliphatic carbocycles. The van der Waals surface area contributed by atoms with E-state index in [1.807, 2.05) is 6.92 Å². The summed E-state index contributed by atoms with van der Waals surface area (Å²) in [6.07, 6.45) is 7.38. The van der Waals surface area contributed by atoms with Gasteiger partial charge in [0.1, 0.15) is 0 Å². The Hall–Kier alpha value is -1.08. The van der Waals surface area contributed by atoms with Gasteiger partial charge < -0.3 is 11.1 Å². The summed E-state index contributed by atoms with van der Waals surface area (Å²) < 4.78 is 0.824. The average Bonchev–Trinajstić information content (AvgIpc) is 2.65.